The first-order valence-electron chi connectivity index (χ1n) is 6.09. The molecule has 0 aliphatic heterocycles. The van der Waals surface area contributed by atoms with E-state index in [1.807, 2.05) is 0 Å². The summed E-state index contributed by atoms with van der Waals surface area (Å²) in [4.78, 5) is 7.28. The number of nitrogens with zero attached hydrogens (tertiary/aromatic N) is 2. The van der Waals surface area contributed by atoms with Crippen molar-refractivity contribution in [2.24, 2.45) is 0 Å². The molecule has 0 aliphatic rings. The zero-order valence-electron chi connectivity index (χ0n) is 11.0. The molecule has 0 radical (unpaired) electrons. The monoisotopic (exact) mass is 316 g/mol. The van der Waals surface area contributed by atoms with Gasteiger partial charge in [-0.15, -0.1) is 11.6 Å². The number of rotatable bonds is 4. The summed E-state index contributed by atoms with van der Waals surface area (Å²) < 4.78 is 40.7. The second-order valence-corrected chi connectivity index (χ2v) is 4.93. The third-order valence-electron chi connectivity index (χ3n) is 3.42. The Hall–Kier alpha value is -1.66. The van der Waals surface area contributed by atoms with Gasteiger partial charge in [-0.2, -0.15) is 0 Å². The van der Waals surface area contributed by atoms with E-state index < -0.39 is 34.9 Å². The smallest absolute Gasteiger partial charge is 0.163 e. The second kappa shape index (κ2) is 5.99. The molecule has 0 unspecified atom stereocenters. The summed E-state index contributed by atoms with van der Waals surface area (Å²) >= 11 is 5.78. The lowest BCUT2D eigenvalue weighted by Crippen LogP contribution is -2.36. The molecular weight excluding hydrogens is 305 g/mol. The van der Waals surface area contributed by atoms with Gasteiger partial charge in [0.25, 0.3) is 0 Å². The fourth-order valence-corrected chi connectivity index (χ4v) is 2.50. The van der Waals surface area contributed by atoms with Crippen LogP contribution in [0.2, 0.25) is 0 Å². The highest BCUT2D eigenvalue weighted by Gasteiger charge is 2.40. The molecule has 0 saturated carbocycles. The van der Waals surface area contributed by atoms with Crippen LogP contribution in [0.4, 0.5) is 13.2 Å². The van der Waals surface area contributed by atoms with Gasteiger partial charge >= 0.3 is 0 Å². The zero-order valence-corrected chi connectivity index (χ0v) is 11.8. The minimum atomic E-state index is -1.94. The van der Waals surface area contributed by atoms with Crippen molar-refractivity contribution in [2.45, 2.75) is 18.4 Å². The van der Waals surface area contributed by atoms with Gasteiger partial charge in [-0.1, -0.05) is 13.0 Å². The van der Waals surface area contributed by atoms with Crippen LogP contribution < -0.4 is 0 Å². The Bertz CT molecular complexity index is 656. The van der Waals surface area contributed by atoms with Gasteiger partial charge in [-0.3, -0.25) is 0 Å². The van der Waals surface area contributed by atoms with E-state index in [4.69, 9.17) is 11.6 Å². The standard InChI is InChI=1S/C14H12ClF3N2O/c1-8(13-12(18)5-19-7-20-13)14(21,6-15)10-3-2-9(16)4-11(10)17/h2-5,7-8,21H,6H2,1H3/t8-,14+/m0/s1. The Morgan fingerprint density at radius 3 is 2.57 bits per heavy atom. The molecule has 2 atom stereocenters. The highest BCUT2D eigenvalue weighted by molar-refractivity contribution is 6.18. The van der Waals surface area contributed by atoms with Crippen LogP contribution in [-0.2, 0) is 5.60 Å². The predicted molar refractivity (Wildman–Crippen MR) is 71.4 cm³/mol. The number of aromatic nitrogens is 2. The van der Waals surface area contributed by atoms with Crippen molar-refractivity contribution in [1.29, 1.82) is 0 Å². The van der Waals surface area contributed by atoms with E-state index in [1.165, 1.54) is 6.92 Å². The molecular formula is C14H12ClF3N2O. The van der Waals surface area contributed by atoms with Crippen LogP contribution in [0, 0.1) is 17.5 Å². The SMILES string of the molecule is C[C@@H](c1ncncc1F)[C@](O)(CCl)c1ccc(F)cc1F. The van der Waals surface area contributed by atoms with Gasteiger partial charge in [-0.25, -0.2) is 23.1 Å². The van der Waals surface area contributed by atoms with Crippen LogP contribution in [0.3, 0.4) is 0 Å². The fraction of sp³-hybridized carbons (Fsp3) is 0.286. The van der Waals surface area contributed by atoms with Crippen molar-refractivity contribution in [2.75, 3.05) is 5.88 Å². The Balaban J connectivity index is 2.53. The van der Waals surface area contributed by atoms with E-state index in [0.717, 1.165) is 24.7 Å². The number of benzene rings is 1. The molecule has 0 bridgehead atoms. The molecule has 0 amide bonds. The minimum absolute atomic E-state index is 0.100. The van der Waals surface area contributed by atoms with Crippen LogP contribution in [0.25, 0.3) is 0 Å². The van der Waals surface area contributed by atoms with Crippen molar-refractivity contribution in [3.63, 3.8) is 0 Å². The lowest BCUT2D eigenvalue weighted by molar-refractivity contribution is 0.0299. The maximum Gasteiger partial charge on any atom is 0.163 e. The average molecular weight is 317 g/mol. The van der Waals surface area contributed by atoms with Crippen molar-refractivity contribution < 1.29 is 18.3 Å². The first-order valence-corrected chi connectivity index (χ1v) is 6.63. The summed E-state index contributed by atoms with van der Waals surface area (Å²) in [5.74, 6) is -3.86. The van der Waals surface area contributed by atoms with Gasteiger partial charge in [-0.05, 0) is 6.07 Å². The van der Waals surface area contributed by atoms with Crippen molar-refractivity contribution >= 4 is 11.6 Å². The molecule has 112 valence electrons. The van der Waals surface area contributed by atoms with Gasteiger partial charge < -0.3 is 5.11 Å². The largest absolute Gasteiger partial charge is 0.383 e. The predicted octanol–water partition coefficient (Wildman–Crippen LogP) is 3.12. The molecule has 21 heavy (non-hydrogen) atoms. The highest BCUT2D eigenvalue weighted by Crippen LogP contribution is 2.39. The molecule has 1 aromatic heterocycles. The molecule has 1 N–H and O–H groups in total. The average Bonchev–Trinajstić information content (AvgIpc) is 2.46. The summed E-state index contributed by atoms with van der Waals surface area (Å²) in [5.41, 5.74) is -2.25. The molecule has 1 aromatic carbocycles. The second-order valence-electron chi connectivity index (χ2n) is 4.66. The Morgan fingerprint density at radius 1 is 1.29 bits per heavy atom. The van der Waals surface area contributed by atoms with Crippen molar-refractivity contribution in [1.82, 2.24) is 9.97 Å². The lowest BCUT2D eigenvalue weighted by Gasteiger charge is -2.32. The van der Waals surface area contributed by atoms with Crippen LogP contribution in [0.1, 0.15) is 24.1 Å². The van der Waals surface area contributed by atoms with Crippen LogP contribution >= 0.6 is 11.6 Å². The molecule has 2 rings (SSSR count). The van der Waals surface area contributed by atoms with Gasteiger partial charge in [0.1, 0.15) is 23.6 Å². The van der Waals surface area contributed by atoms with Gasteiger partial charge in [0.15, 0.2) is 5.82 Å². The Kier molecular flexibility index (Phi) is 4.49. The Morgan fingerprint density at radius 2 is 2.00 bits per heavy atom. The Labute approximate surface area is 124 Å². The summed E-state index contributed by atoms with van der Waals surface area (Å²) in [7, 11) is 0. The lowest BCUT2D eigenvalue weighted by atomic mass is 9.81. The quantitative estimate of drug-likeness (QED) is 0.882. The van der Waals surface area contributed by atoms with Crippen LogP contribution in [0.5, 0.6) is 0 Å². The normalized spacial score (nSPS) is 15.5. The van der Waals surface area contributed by atoms with Crippen molar-refractivity contribution in [3.8, 4) is 0 Å². The number of hydrogen-bond acceptors (Lipinski definition) is 3. The number of aliphatic hydroxyl groups is 1. The van der Waals surface area contributed by atoms with Crippen LogP contribution in [0.15, 0.2) is 30.7 Å². The topological polar surface area (TPSA) is 46.0 Å². The van der Waals surface area contributed by atoms with E-state index in [9.17, 15) is 18.3 Å². The van der Waals surface area contributed by atoms with E-state index in [0.29, 0.717) is 6.07 Å². The molecule has 1 heterocycles. The molecule has 0 spiro atoms. The minimum Gasteiger partial charge on any atom is -0.383 e. The summed E-state index contributed by atoms with van der Waals surface area (Å²) in [5, 5.41) is 10.7. The highest BCUT2D eigenvalue weighted by atomic mass is 35.5. The summed E-state index contributed by atoms with van der Waals surface area (Å²) in [6, 6.07) is 2.72. The number of alkyl halides is 1. The summed E-state index contributed by atoms with van der Waals surface area (Å²) in [6.45, 7) is 1.45. The first-order chi connectivity index (χ1) is 9.90. The van der Waals surface area contributed by atoms with Crippen molar-refractivity contribution in [3.05, 3.63) is 59.4 Å². The molecule has 0 aliphatic carbocycles. The molecule has 0 saturated heterocycles. The molecule has 3 nitrogen and oxygen atoms in total. The van der Waals surface area contributed by atoms with Gasteiger partial charge in [0.05, 0.1) is 17.8 Å². The van der Waals surface area contributed by atoms with Gasteiger partial charge in [0, 0.05) is 17.5 Å². The third-order valence-corrected chi connectivity index (χ3v) is 3.83. The number of hydrogen-bond donors (Lipinski definition) is 1. The summed E-state index contributed by atoms with van der Waals surface area (Å²) in [6.07, 6.45) is 2.05. The van der Waals surface area contributed by atoms with E-state index in [-0.39, 0.29) is 11.3 Å². The number of halogens is 4. The molecule has 2 aromatic rings. The third kappa shape index (κ3) is 2.87. The van der Waals surface area contributed by atoms with Crippen LogP contribution in [-0.4, -0.2) is 21.0 Å². The van der Waals surface area contributed by atoms with Gasteiger partial charge in [0.2, 0.25) is 0 Å². The van der Waals surface area contributed by atoms with E-state index in [2.05, 4.69) is 9.97 Å². The molecule has 0 fully saturated rings. The first kappa shape index (κ1) is 15.7. The maximum atomic E-state index is 13.9. The van der Waals surface area contributed by atoms with E-state index >= 15 is 0 Å². The maximum absolute atomic E-state index is 13.9. The fourth-order valence-electron chi connectivity index (χ4n) is 2.13. The van der Waals surface area contributed by atoms with E-state index in [1.54, 1.807) is 0 Å². The molecule has 7 heteroatoms. The zero-order chi connectivity index (χ0) is 15.6.